The first-order valence-corrected chi connectivity index (χ1v) is 8.67. The molecule has 0 atom stereocenters. The fourth-order valence-corrected chi connectivity index (χ4v) is 3.13. The molecule has 136 valence electrons. The van der Waals surface area contributed by atoms with E-state index in [1.807, 2.05) is 31.2 Å². The zero-order chi connectivity index (χ0) is 18.7. The highest BCUT2D eigenvalue weighted by Crippen LogP contribution is 2.27. The summed E-state index contributed by atoms with van der Waals surface area (Å²) in [5, 5.41) is 0.990. The summed E-state index contributed by atoms with van der Waals surface area (Å²) in [5.41, 5.74) is 1.74. The van der Waals surface area contributed by atoms with E-state index in [0.29, 0.717) is 6.54 Å². The number of hydrogen-bond donors (Lipinski definition) is 0. The normalized spacial score (nSPS) is 11.1. The van der Waals surface area contributed by atoms with Gasteiger partial charge in [-0.15, -0.1) is 0 Å². The Morgan fingerprint density at radius 1 is 1.04 bits per heavy atom. The Bertz CT molecular complexity index is 913. The summed E-state index contributed by atoms with van der Waals surface area (Å²) in [6.45, 7) is 2.41. The molecule has 0 unspecified atom stereocenters. The lowest BCUT2D eigenvalue weighted by molar-refractivity contribution is -0.130. The Kier molecular flexibility index (Phi) is 5.35. The van der Waals surface area contributed by atoms with Crippen LogP contribution in [-0.4, -0.2) is 17.9 Å². The number of aryl methyl sites for hydroxylation is 1. The molecule has 0 bridgehead atoms. The molecule has 3 aromatic rings. The van der Waals surface area contributed by atoms with Crippen molar-refractivity contribution in [2.75, 3.05) is 7.05 Å². The molecule has 5 heteroatoms. The van der Waals surface area contributed by atoms with Gasteiger partial charge in [0.15, 0.2) is 0 Å². The van der Waals surface area contributed by atoms with E-state index >= 15 is 0 Å². The molecule has 3 rings (SSSR count). The molecule has 1 aromatic heterocycles. The number of halogens is 2. The molecule has 0 saturated carbocycles. The zero-order valence-corrected chi connectivity index (χ0v) is 14.9. The van der Waals surface area contributed by atoms with Gasteiger partial charge in [0.25, 0.3) is 0 Å². The highest BCUT2D eigenvalue weighted by Gasteiger charge is 2.18. The number of hydrogen-bond acceptors (Lipinski definition) is 2. The zero-order valence-electron chi connectivity index (χ0n) is 14.9. The van der Waals surface area contributed by atoms with Gasteiger partial charge >= 0.3 is 0 Å². The van der Waals surface area contributed by atoms with Crippen molar-refractivity contribution in [1.29, 1.82) is 0 Å². The van der Waals surface area contributed by atoms with Gasteiger partial charge in [0, 0.05) is 42.9 Å². The molecule has 0 aliphatic rings. The van der Waals surface area contributed by atoms with Crippen LogP contribution < -0.4 is 0 Å². The van der Waals surface area contributed by atoms with Gasteiger partial charge in [0.2, 0.25) is 5.91 Å². The Labute approximate surface area is 151 Å². The maximum atomic E-state index is 13.7. The quantitative estimate of drug-likeness (QED) is 0.631. The number of amides is 1. The third-order valence-electron chi connectivity index (χ3n) is 4.57. The number of nitrogens with zero attached hydrogens (tertiary/aromatic N) is 1. The van der Waals surface area contributed by atoms with E-state index in [2.05, 4.69) is 0 Å². The highest BCUT2D eigenvalue weighted by atomic mass is 19.1. The summed E-state index contributed by atoms with van der Waals surface area (Å²) in [5.74, 6) is -0.546. The maximum Gasteiger partial charge on any atom is 0.222 e. The van der Waals surface area contributed by atoms with Crippen LogP contribution in [0.1, 0.15) is 30.2 Å². The number of rotatable bonds is 6. The van der Waals surface area contributed by atoms with Crippen molar-refractivity contribution < 1.29 is 18.0 Å². The molecular formula is C21H21F2NO2. The van der Waals surface area contributed by atoms with Crippen LogP contribution in [0.4, 0.5) is 8.78 Å². The topological polar surface area (TPSA) is 33.5 Å². The van der Waals surface area contributed by atoms with Crippen LogP contribution in [0, 0.1) is 11.6 Å². The van der Waals surface area contributed by atoms with Crippen LogP contribution in [0.5, 0.6) is 0 Å². The summed E-state index contributed by atoms with van der Waals surface area (Å²) in [7, 11) is 1.70. The van der Waals surface area contributed by atoms with Crippen LogP contribution >= 0.6 is 0 Å². The fourth-order valence-electron chi connectivity index (χ4n) is 3.13. The second-order valence-corrected chi connectivity index (χ2v) is 6.30. The lowest BCUT2D eigenvalue weighted by Gasteiger charge is -2.17. The third-order valence-corrected chi connectivity index (χ3v) is 4.57. The van der Waals surface area contributed by atoms with Gasteiger partial charge in [-0.25, -0.2) is 8.78 Å². The summed E-state index contributed by atoms with van der Waals surface area (Å²) < 4.78 is 33.3. The first-order valence-electron chi connectivity index (χ1n) is 8.67. The molecule has 1 amide bonds. The molecule has 0 aliphatic carbocycles. The molecule has 0 radical (unpaired) electrons. The van der Waals surface area contributed by atoms with Gasteiger partial charge in [0.1, 0.15) is 23.0 Å². The van der Waals surface area contributed by atoms with E-state index in [4.69, 9.17) is 4.42 Å². The molecule has 3 nitrogen and oxygen atoms in total. The average molecular weight is 357 g/mol. The van der Waals surface area contributed by atoms with E-state index in [9.17, 15) is 13.6 Å². The molecule has 0 saturated heterocycles. The molecule has 2 aromatic carbocycles. The number of furan rings is 1. The Morgan fingerprint density at radius 2 is 1.73 bits per heavy atom. The van der Waals surface area contributed by atoms with E-state index in [1.165, 1.54) is 18.2 Å². The van der Waals surface area contributed by atoms with E-state index in [0.717, 1.165) is 28.7 Å². The fraction of sp³-hybridized carbons (Fsp3) is 0.286. The van der Waals surface area contributed by atoms with Crippen molar-refractivity contribution in [2.24, 2.45) is 0 Å². The van der Waals surface area contributed by atoms with Gasteiger partial charge < -0.3 is 9.32 Å². The van der Waals surface area contributed by atoms with Gasteiger partial charge in [-0.2, -0.15) is 0 Å². The number of fused-ring (bicyclic) bond motifs is 1. The lowest BCUT2D eigenvalue weighted by atomic mass is 10.1. The minimum absolute atomic E-state index is 0.0362. The largest absolute Gasteiger partial charge is 0.461 e. The summed E-state index contributed by atoms with van der Waals surface area (Å²) >= 11 is 0. The minimum Gasteiger partial charge on any atom is -0.461 e. The standard InChI is InChI=1S/C21H21F2NO2/c1-3-19-16(14-7-4-5-10-20(14)26-19)13-24(2)21(25)12-11-15-17(22)8-6-9-18(15)23/h4-10H,3,11-13H2,1-2H3. The molecular weight excluding hydrogens is 336 g/mol. The van der Waals surface area contributed by atoms with Crippen LogP contribution in [0.15, 0.2) is 46.9 Å². The first kappa shape index (κ1) is 18.1. The summed E-state index contributed by atoms with van der Waals surface area (Å²) in [6.07, 6.45) is 0.812. The highest BCUT2D eigenvalue weighted by molar-refractivity contribution is 5.83. The van der Waals surface area contributed by atoms with Crippen molar-refractivity contribution in [3.63, 3.8) is 0 Å². The predicted molar refractivity (Wildman–Crippen MR) is 96.7 cm³/mol. The monoisotopic (exact) mass is 357 g/mol. The molecule has 1 heterocycles. The van der Waals surface area contributed by atoms with Crippen molar-refractivity contribution in [3.8, 4) is 0 Å². The van der Waals surface area contributed by atoms with E-state index in [-0.39, 0.29) is 24.3 Å². The number of benzene rings is 2. The Morgan fingerprint density at radius 3 is 2.42 bits per heavy atom. The maximum absolute atomic E-state index is 13.7. The van der Waals surface area contributed by atoms with Gasteiger partial charge in [0.05, 0.1) is 0 Å². The van der Waals surface area contributed by atoms with Crippen LogP contribution in [0.2, 0.25) is 0 Å². The van der Waals surface area contributed by atoms with Crippen molar-refractivity contribution in [2.45, 2.75) is 32.7 Å². The van der Waals surface area contributed by atoms with Gasteiger partial charge in [-0.1, -0.05) is 31.2 Å². The predicted octanol–water partition coefficient (Wildman–Crippen LogP) is 4.86. The Balaban J connectivity index is 1.72. The van der Waals surface area contributed by atoms with Crippen molar-refractivity contribution in [1.82, 2.24) is 4.90 Å². The second kappa shape index (κ2) is 7.68. The number of carbonyl (C=O) groups is 1. The minimum atomic E-state index is -0.616. The van der Waals surface area contributed by atoms with E-state index in [1.54, 1.807) is 11.9 Å². The second-order valence-electron chi connectivity index (χ2n) is 6.30. The molecule has 0 N–H and O–H groups in total. The summed E-state index contributed by atoms with van der Waals surface area (Å²) in [4.78, 5) is 14.0. The molecule has 0 spiro atoms. The third kappa shape index (κ3) is 3.62. The summed E-state index contributed by atoms with van der Waals surface area (Å²) in [6, 6.07) is 11.4. The van der Waals surface area contributed by atoms with Crippen molar-refractivity contribution in [3.05, 3.63) is 71.0 Å². The van der Waals surface area contributed by atoms with Crippen LogP contribution in [0.25, 0.3) is 11.0 Å². The number of carbonyl (C=O) groups excluding carboxylic acids is 1. The smallest absolute Gasteiger partial charge is 0.222 e. The van der Waals surface area contributed by atoms with Crippen LogP contribution in [-0.2, 0) is 24.2 Å². The Hall–Kier alpha value is -2.69. The lowest BCUT2D eigenvalue weighted by Crippen LogP contribution is -2.26. The molecule has 0 aliphatic heterocycles. The van der Waals surface area contributed by atoms with Gasteiger partial charge in [-0.3, -0.25) is 4.79 Å². The SMILES string of the molecule is CCc1oc2ccccc2c1CN(C)C(=O)CCc1c(F)cccc1F. The average Bonchev–Trinajstić information content (AvgIpc) is 2.99. The number of para-hydroxylation sites is 1. The van der Waals surface area contributed by atoms with Crippen LogP contribution in [0.3, 0.4) is 0 Å². The first-order chi connectivity index (χ1) is 12.5. The molecule has 0 fully saturated rings. The van der Waals surface area contributed by atoms with E-state index < -0.39 is 11.6 Å². The van der Waals surface area contributed by atoms with Crippen molar-refractivity contribution >= 4 is 16.9 Å². The molecule has 26 heavy (non-hydrogen) atoms. The van der Waals surface area contributed by atoms with Gasteiger partial charge in [-0.05, 0) is 24.6 Å².